The van der Waals surface area contributed by atoms with Gasteiger partial charge in [-0.2, -0.15) is 5.26 Å². The van der Waals surface area contributed by atoms with Crippen LogP contribution in [0, 0.1) is 11.3 Å². The van der Waals surface area contributed by atoms with Crippen LogP contribution in [0.5, 0.6) is 0 Å². The third-order valence-corrected chi connectivity index (χ3v) is 4.63. The number of likely N-dealkylation sites (N-methyl/N-ethyl adjacent to an activating group) is 1. The number of aromatic nitrogens is 1. The summed E-state index contributed by atoms with van der Waals surface area (Å²) < 4.78 is 1.08. The molecule has 0 bridgehead atoms. The van der Waals surface area contributed by atoms with Gasteiger partial charge in [0.05, 0.1) is 28.3 Å². The maximum Gasteiger partial charge on any atom is 0.233 e. The van der Waals surface area contributed by atoms with Gasteiger partial charge in [-0.15, -0.1) is 0 Å². The number of hydrogen-bond donors (Lipinski definition) is 0. The van der Waals surface area contributed by atoms with E-state index in [0.717, 1.165) is 20.9 Å². The second-order valence-corrected chi connectivity index (χ2v) is 6.10. The highest BCUT2D eigenvalue weighted by molar-refractivity contribution is 7.22. The standard InChI is InChI=1S/C18H15N3OS/c1-2-21(18-20-15-5-3-4-6-16(15)23-18)17(22)11-13-7-9-14(12-19)10-8-13/h3-10H,2,11H2,1H3. The number of fused-ring (bicyclic) bond motifs is 1. The van der Waals surface area contributed by atoms with Crippen molar-refractivity contribution in [2.45, 2.75) is 13.3 Å². The summed E-state index contributed by atoms with van der Waals surface area (Å²) >= 11 is 1.53. The predicted molar refractivity (Wildman–Crippen MR) is 92.5 cm³/mol. The lowest BCUT2D eigenvalue weighted by Gasteiger charge is -2.17. The Balaban J connectivity index is 1.81. The van der Waals surface area contributed by atoms with Crippen molar-refractivity contribution in [3.63, 3.8) is 0 Å². The first kappa shape index (κ1) is 15.2. The summed E-state index contributed by atoms with van der Waals surface area (Å²) in [6, 6.07) is 17.1. The molecule has 1 amide bonds. The number of benzene rings is 2. The Hall–Kier alpha value is -2.71. The zero-order chi connectivity index (χ0) is 16.2. The van der Waals surface area contributed by atoms with Gasteiger partial charge in [0.2, 0.25) is 5.91 Å². The van der Waals surface area contributed by atoms with Crippen LogP contribution < -0.4 is 4.90 Å². The molecule has 1 aromatic heterocycles. The van der Waals surface area contributed by atoms with Crippen molar-refractivity contribution >= 4 is 32.6 Å². The number of thiazole rings is 1. The highest BCUT2D eigenvalue weighted by Crippen LogP contribution is 2.28. The topological polar surface area (TPSA) is 57.0 Å². The molecule has 0 saturated carbocycles. The van der Waals surface area contributed by atoms with E-state index in [4.69, 9.17) is 5.26 Å². The summed E-state index contributed by atoms with van der Waals surface area (Å²) in [6.07, 6.45) is 0.301. The molecule has 1 heterocycles. The number of nitrogens with zero attached hydrogens (tertiary/aromatic N) is 3. The van der Waals surface area contributed by atoms with Crippen molar-refractivity contribution in [1.29, 1.82) is 5.26 Å². The van der Waals surface area contributed by atoms with Crippen molar-refractivity contribution in [1.82, 2.24) is 4.98 Å². The van der Waals surface area contributed by atoms with Gasteiger partial charge in [-0.05, 0) is 36.8 Å². The molecule has 5 heteroatoms. The van der Waals surface area contributed by atoms with Gasteiger partial charge in [0, 0.05) is 6.54 Å². The summed E-state index contributed by atoms with van der Waals surface area (Å²) in [5, 5.41) is 9.55. The van der Waals surface area contributed by atoms with E-state index in [0.29, 0.717) is 18.5 Å². The van der Waals surface area contributed by atoms with E-state index < -0.39 is 0 Å². The fourth-order valence-corrected chi connectivity index (χ4v) is 3.41. The number of anilines is 1. The molecule has 0 unspecified atom stereocenters. The lowest BCUT2D eigenvalue weighted by molar-refractivity contribution is -0.117. The molecule has 0 aliphatic carbocycles. The van der Waals surface area contributed by atoms with Crippen LogP contribution in [0.25, 0.3) is 10.2 Å². The van der Waals surface area contributed by atoms with Gasteiger partial charge in [-0.3, -0.25) is 9.69 Å². The zero-order valence-electron chi connectivity index (χ0n) is 12.7. The molecule has 0 aliphatic rings. The van der Waals surface area contributed by atoms with E-state index in [9.17, 15) is 4.79 Å². The molecule has 3 rings (SSSR count). The van der Waals surface area contributed by atoms with Gasteiger partial charge in [0.25, 0.3) is 0 Å². The normalized spacial score (nSPS) is 10.4. The first-order valence-corrected chi connectivity index (χ1v) is 8.18. The molecular weight excluding hydrogens is 306 g/mol. The van der Waals surface area contributed by atoms with Crippen molar-refractivity contribution in [2.75, 3.05) is 11.4 Å². The number of hydrogen-bond acceptors (Lipinski definition) is 4. The minimum absolute atomic E-state index is 0.0104. The summed E-state index contributed by atoms with van der Waals surface area (Å²) in [7, 11) is 0. The summed E-state index contributed by atoms with van der Waals surface area (Å²) in [5.41, 5.74) is 2.41. The van der Waals surface area contributed by atoms with Crippen LogP contribution in [0.4, 0.5) is 5.13 Å². The lowest BCUT2D eigenvalue weighted by Crippen LogP contribution is -2.31. The second-order valence-electron chi connectivity index (χ2n) is 5.09. The van der Waals surface area contributed by atoms with Crippen LogP contribution in [0.15, 0.2) is 48.5 Å². The Morgan fingerprint density at radius 1 is 1.22 bits per heavy atom. The molecule has 0 radical (unpaired) electrons. The average molecular weight is 321 g/mol. The first-order valence-electron chi connectivity index (χ1n) is 7.36. The minimum atomic E-state index is 0.0104. The van der Waals surface area contributed by atoms with Crippen LogP contribution in [0.1, 0.15) is 18.1 Å². The van der Waals surface area contributed by atoms with Gasteiger partial charge in [0.1, 0.15) is 0 Å². The van der Waals surface area contributed by atoms with Crippen molar-refractivity contribution < 1.29 is 4.79 Å². The number of para-hydroxylation sites is 1. The monoisotopic (exact) mass is 321 g/mol. The Labute approximate surface area is 138 Å². The summed E-state index contributed by atoms with van der Waals surface area (Å²) in [4.78, 5) is 18.9. The number of rotatable bonds is 4. The number of carbonyl (C=O) groups is 1. The van der Waals surface area contributed by atoms with E-state index in [1.807, 2.05) is 43.3 Å². The molecule has 3 aromatic rings. The maximum absolute atomic E-state index is 12.6. The molecule has 4 nitrogen and oxygen atoms in total. The van der Waals surface area contributed by atoms with Gasteiger partial charge in [0.15, 0.2) is 5.13 Å². The fraction of sp³-hybridized carbons (Fsp3) is 0.167. The fourth-order valence-electron chi connectivity index (χ4n) is 2.36. The molecule has 0 N–H and O–H groups in total. The maximum atomic E-state index is 12.6. The van der Waals surface area contributed by atoms with Crippen molar-refractivity contribution in [3.8, 4) is 6.07 Å². The SMILES string of the molecule is CCN(C(=O)Cc1ccc(C#N)cc1)c1nc2ccccc2s1. The van der Waals surface area contributed by atoms with E-state index in [1.165, 1.54) is 11.3 Å². The Morgan fingerprint density at radius 3 is 2.61 bits per heavy atom. The van der Waals surface area contributed by atoms with Crippen LogP contribution in [-0.2, 0) is 11.2 Å². The zero-order valence-corrected chi connectivity index (χ0v) is 13.5. The highest BCUT2D eigenvalue weighted by atomic mass is 32.1. The molecule has 114 valence electrons. The largest absolute Gasteiger partial charge is 0.288 e. The van der Waals surface area contributed by atoms with E-state index in [2.05, 4.69) is 11.1 Å². The van der Waals surface area contributed by atoms with Crippen LogP contribution in [0.3, 0.4) is 0 Å². The smallest absolute Gasteiger partial charge is 0.233 e. The third kappa shape index (κ3) is 3.22. The van der Waals surface area contributed by atoms with Crippen molar-refractivity contribution in [2.24, 2.45) is 0 Å². The van der Waals surface area contributed by atoms with E-state index >= 15 is 0 Å². The number of amides is 1. The molecule has 0 aliphatic heterocycles. The molecule has 0 spiro atoms. The highest BCUT2D eigenvalue weighted by Gasteiger charge is 2.18. The van der Waals surface area contributed by atoms with E-state index in [1.54, 1.807) is 17.0 Å². The average Bonchev–Trinajstić information content (AvgIpc) is 2.99. The number of carbonyl (C=O) groups excluding carboxylic acids is 1. The molecule has 0 saturated heterocycles. The van der Waals surface area contributed by atoms with E-state index in [-0.39, 0.29) is 5.91 Å². The first-order chi connectivity index (χ1) is 11.2. The summed E-state index contributed by atoms with van der Waals surface area (Å²) in [5.74, 6) is 0.0104. The van der Waals surface area contributed by atoms with Crippen molar-refractivity contribution in [3.05, 3.63) is 59.7 Å². The molecular formula is C18H15N3OS. The third-order valence-electron chi connectivity index (χ3n) is 3.57. The van der Waals surface area contributed by atoms with Gasteiger partial charge >= 0.3 is 0 Å². The Bertz CT molecular complexity index is 844. The van der Waals surface area contributed by atoms with Crippen LogP contribution >= 0.6 is 11.3 Å². The predicted octanol–water partition coefficient (Wildman–Crippen LogP) is 3.76. The molecule has 23 heavy (non-hydrogen) atoms. The molecule has 0 atom stereocenters. The second kappa shape index (κ2) is 6.59. The Morgan fingerprint density at radius 2 is 1.96 bits per heavy atom. The van der Waals surface area contributed by atoms with Gasteiger partial charge < -0.3 is 0 Å². The van der Waals surface area contributed by atoms with Gasteiger partial charge in [-0.25, -0.2) is 4.98 Å². The summed E-state index contributed by atoms with van der Waals surface area (Å²) in [6.45, 7) is 2.53. The molecule has 0 fully saturated rings. The lowest BCUT2D eigenvalue weighted by atomic mass is 10.1. The van der Waals surface area contributed by atoms with Crippen LogP contribution in [0.2, 0.25) is 0 Å². The van der Waals surface area contributed by atoms with Crippen LogP contribution in [-0.4, -0.2) is 17.4 Å². The Kier molecular flexibility index (Phi) is 4.35. The quantitative estimate of drug-likeness (QED) is 0.735. The molecule has 2 aromatic carbocycles. The number of nitriles is 1. The van der Waals surface area contributed by atoms with Gasteiger partial charge in [-0.1, -0.05) is 35.6 Å². The minimum Gasteiger partial charge on any atom is -0.288 e.